The second kappa shape index (κ2) is 7.21. The molecule has 0 atom stereocenters. The third kappa shape index (κ3) is 3.87. The Bertz CT molecular complexity index is 816. The van der Waals surface area contributed by atoms with E-state index in [0.29, 0.717) is 25.7 Å². The van der Waals surface area contributed by atoms with E-state index in [1.54, 1.807) is 42.5 Å². The molecule has 1 aromatic heterocycles. The molecule has 0 bridgehead atoms. The Hall–Kier alpha value is -2.09. The van der Waals surface area contributed by atoms with Crippen molar-refractivity contribution in [2.45, 2.75) is 0 Å². The fraction of sp³-hybridized carbons (Fsp3) is 0.0625. The molecule has 1 aliphatic rings. The maximum Gasteiger partial charge on any atom is 0.266 e. The van der Waals surface area contributed by atoms with Crippen LogP contribution in [0.5, 0.6) is 0 Å². The first kappa shape index (κ1) is 16.8. The summed E-state index contributed by atoms with van der Waals surface area (Å²) in [5.74, 6) is -0.0957. The first-order valence-electron chi connectivity index (χ1n) is 6.87. The normalized spacial score (nSPS) is 16.0. The van der Waals surface area contributed by atoms with Crippen molar-refractivity contribution in [1.29, 1.82) is 0 Å². The highest BCUT2D eigenvalue weighted by Crippen LogP contribution is 2.32. The van der Waals surface area contributed by atoms with E-state index in [0.717, 1.165) is 11.8 Å². The highest BCUT2D eigenvalue weighted by Gasteiger charge is 2.33. The summed E-state index contributed by atoms with van der Waals surface area (Å²) in [6.45, 7) is -0.150. The molecule has 24 heavy (non-hydrogen) atoms. The molecule has 2 amide bonds. The summed E-state index contributed by atoms with van der Waals surface area (Å²) in [5, 5.41) is 3.28. The molecule has 1 fully saturated rings. The van der Waals surface area contributed by atoms with Crippen LogP contribution >= 0.6 is 35.6 Å². The summed E-state index contributed by atoms with van der Waals surface area (Å²) < 4.78 is 5.53. The molecule has 3 rings (SSSR count). The predicted molar refractivity (Wildman–Crippen MR) is 98.7 cm³/mol. The molecule has 1 saturated heterocycles. The molecule has 2 heterocycles. The van der Waals surface area contributed by atoms with Crippen LogP contribution in [0.2, 0.25) is 5.02 Å². The molecule has 0 radical (unpaired) electrons. The molecule has 5 nitrogen and oxygen atoms in total. The van der Waals surface area contributed by atoms with Crippen molar-refractivity contribution in [1.82, 2.24) is 4.90 Å². The number of nitrogens with one attached hydrogen (secondary N) is 1. The van der Waals surface area contributed by atoms with Crippen molar-refractivity contribution < 1.29 is 14.0 Å². The third-order valence-electron chi connectivity index (χ3n) is 3.12. The lowest BCUT2D eigenvalue weighted by Gasteiger charge is -2.14. The van der Waals surface area contributed by atoms with Crippen molar-refractivity contribution in [2.75, 3.05) is 11.9 Å². The fourth-order valence-electron chi connectivity index (χ4n) is 2.02. The van der Waals surface area contributed by atoms with Crippen LogP contribution in [0.4, 0.5) is 5.69 Å². The summed E-state index contributed by atoms with van der Waals surface area (Å²) in [4.78, 5) is 26.2. The second-order valence-corrected chi connectivity index (χ2v) is 6.95. The molecule has 0 aliphatic carbocycles. The van der Waals surface area contributed by atoms with Gasteiger partial charge in [0.1, 0.15) is 16.6 Å². The Morgan fingerprint density at radius 2 is 2.08 bits per heavy atom. The fourth-order valence-corrected chi connectivity index (χ4v) is 3.38. The molecular weight excluding hydrogens is 368 g/mol. The zero-order valence-electron chi connectivity index (χ0n) is 12.2. The Kier molecular flexibility index (Phi) is 5.03. The number of anilines is 1. The van der Waals surface area contributed by atoms with Gasteiger partial charge in [0.05, 0.1) is 11.2 Å². The van der Waals surface area contributed by atoms with Gasteiger partial charge in [-0.25, -0.2) is 0 Å². The van der Waals surface area contributed by atoms with E-state index in [9.17, 15) is 9.59 Å². The number of benzene rings is 1. The highest BCUT2D eigenvalue weighted by molar-refractivity contribution is 8.26. The van der Waals surface area contributed by atoms with E-state index in [1.165, 1.54) is 11.2 Å². The third-order valence-corrected chi connectivity index (χ3v) is 4.75. The molecule has 8 heteroatoms. The smallest absolute Gasteiger partial charge is 0.266 e. The zero-order chi connectivity index (χ0) is 17.1. The molecule has 0 saturated carbocycles. The Balaban J connectivity index is 1.66. The van der Waals surface area contributed by atoms with Gasteiger partial charge in [-0.3, -0.25) is 14.5 Å². The van der Waals surface area contributed by atoms with Crippen molar-refractivity contribution in [3.05, 3.63) is 58.3 Å². The van der Waals surface area contributed by atoms with Gasteiger partial charge in [0.25, 0.3) is 5.91 Å². The number of furan rings is 1. The van der Waals surface area contributed by atoms with Crippen LogP contribution in [0.15, 0.2) is 52.0 Å². The molecule has 1 N–H and O–H groups in total. The standard InChI is InChI=1S/C16H11ClN2O3S2/c17-10-3-5-11(6-4-10)18-14(20)9-19-15(21)13(24-16(19)23)8-12-2-1-7-22-12/h1-8H,9H2,(H,18,20)/b13-8-. The summed E-state index contributed by atoms with van der Waals surface area (Å²) in [6, 6.07) is 10.2. The SMILES string of the molecule is O=C(CN1C(=O)/C(=C/c2ccco2)SC1=S)Nc1ccc(Cl)cc1. The number of thiocarbonyl (C=S) groups is 1. The number of halogens is 1. The zero-order valence-corrected chi connectivity index (χ0v) is 14.6. The number of carbonyl (C=O) groups excluding carboxylic acids is 2. The quantitative estimate of drug-likeness (QED) is 0.648. The Morgan fingerprint density at radius 3 is 2.75 bits per heavy atom. The summed E-state index contributed by atoms with van der Waals surface area (Å²) in [6.07, 6.45) is 3.13. The lowest BCUT2D eigenvalue weighted by atomic mass is 10.3. The van der Waals surface area contributed by atoms with Gasteiger partial charge in [-0.1, -0.05) is 35.6 Å². The van der Waals surface area contributed by atoms with Crippen molar-refractivity contribution in [2.24, 2.45) is 0 Å². The average molecular weight is 379 g/mol. The van der Waals surface area contributed by atoms with E-state index in [2.05, 4.69) is 5.32 Å². The molecule has 2 aromatic rings. The van der Waals surface area contributed by atoms with Gasteiger partial charge >= 0.3 is 0 Å². The first-order chi connectivity index (χ1) is 11.5. The van der Waals surface area contributed by atoms with Crippen LogP contribution in [0.1, 0.15) is 5.76 Å². The maximum atomic E-state index is 12.4. The minimum atomic E-state index is -0.340. The van der Waals surface area contributed by atoms with E-state index in [-0.39, 0.29) is 18.4 Å². The van der Waals surface area contributed by atoms with Crippen LogP contribution in [0.25, 0.3) is 6.08 Å². The number of hydrogen-bond acceptors (Lipinski definition) is 5. The van der Waals surface area contributed by atoms with Crippen LogP contribution in [0.3, 0.4) is 0 Å². The average Bonchev–Trinajstić information content (AvgIpc) is 3.14. The monoisotopic (exact) mass is 378 g/mol. The van der Waals surface area contributed by atoms with Crippen molar-refractivity contribution in [3.63, 3.8) is 0 Å². The number of amides is 2. The van der Waals surface area contributed by atoms with Gasteiger partial charge < -0.3 is 9.73 Å². The molecule has 122 valence electrons. The summed E-state index contributed by atoms with van der Waals surface area (Å²) in [7, 11) is 0. The summed E-state index contributed by atoms with van der Waals surface area (Å²) >= 11 is 12.1. The van der Waals surface area contributed by atoms with E-state index in [1.807, 2.05) is 0 Å². The minimum absolute atomic E-state index is 0.150. The molecule has 1 aliphatic heterocycles. The van der Waals surface area contributed by atoms with E-state index < -0.39 is 0 Å². The number of thioether (sulfide) groups is 1. The van der Waals surface area contributed by atoms with Crippen LogP contribution in [-0.2, 0) is 9.59 Å². The Morgan fingerprint density at radius 1 is 1.33 bits per heavy atom. The van der Waals surface area contributed by atoms with Gasteiger partial charge in [0.2, 0.25) is 5.91 Å². The number of carbonyl (C=O) groups is 2. The lowest BCUT2D eigenvalue weighted by molar-refractivity contribution is -0.126. The van der Waals surface area contributed by atoms with Gasteiger partial charge in [0.15, 0.2) is 0 Å². The van der Waals surface area contributed by atoms with Gasteiger partial charge in [-0.05, 0) is 36.4 Å². The van der Waals surface area contributed by atoms with Gasteiger partial charge in [-0.2, -0.15) is 0 Å². The molecule has 0 unspecified atom stereocenters. The molecule has 0 spiro atoms. The van der Waals surface area contributed by atoms with E-state index >= 15 is 0 Å². The van der Waals surface area contributed by atoms with Gasteiger partial charge in [-0.15, -0.1) is 0 Å². The predicted octanol–water partition coefficient (Wildman–Crippen LogP) is 3.77. The number of nitrogens with zero attached hydrogens (tertiary/aromatic N) is 1. The van der Waals surface area contributed by atoms with Crippen LogP contribution < -0.4 is 5.32 Å². The van der Waals surface area contributed by atoms with Crippen molar-refractivity contribution >= 4 is 63.5 Å². The maximum absolute atomic E-state index is 12.4. The number of rotatable bonds is 4. The highest BCUT2D eigenvalue weighted by atomic mass is 35.5. The largest absolute Gasteiger partial charge is 0.465 e. The van der Waals surface area contributed by atoms with Gasteiger partial charge in [0, 0.05) is 16.8 Å². The van der Waals surface area contributed by atoms with Crippen LogP contribution in [0, 0.1) is 0 Å². The lowest BCUT2D eigenvalue weighted by Crippen LogP contribution is -2.36. The minimum Gasteiger partial charge on any atom is -0.465 e. The van der Waals surface area contributed by atoms with Crippen LogP contribution in [-0.4, -0.2) is 27.6 Å². The number of hydrogen-bond donors (Lipinski definition) is 1. The summed E-state index contributed by atoms with van der Waals surface area (Å²) in [5.41, 5.74) is 0.598. The Labute approximate surface area is 152 Å². The van der Waals surface area contributed by atoms with Crippen molar-refractivity contribution in [3.8, 4) is 0 Å². The molecule has 1 aromatic carbocycles. The van der Waals surface area contributed by atoms with E-state index in [4.69, 9.17) is 28.2 Å². The topological polar surface area (TPSA) is 62.6 Å². The molecular formula is C16H11ClN2O3S2. The first-order valence-corrected chi connectivity index (χ1v) is 8.47. The second-order valence-electron chi connectivity index (χ2n) is 4.84.